The highest BCUT2D eigenvalue weighted by molar-refractivity contribution is 6.67. The van der Waals surface area contributed by atoms with Crippen LogP contribution in [-0.4, -0.2) is 26.9 Å². The third-order valence-corrected chi connectivity index (χ3v) is 6.54. The molecule has 0 N–H and O–H groups in total. The van der Waals surface area contributed by atoms with Gasteiger partial charge in [0.1, 0.15) is 0 Å². The summed E-state index contributed by atoms with van der Waals surface area (Å²) in [4.78, 5) is 11.3. The van der Waals surface area contributed by atoms with Gasteiger partial charge in [-0.05, 0) is 19.0 Å². The number of carbonyl (C=O) groups excluding carboxylic acids is 1. The molecule has 0 spiro atoms. The minimum atomic E-state index is -2.30. The zero-order chi connectivity index (χ0) is 14.2. The largest absolute Gasteiger partial charge is 0.431 e. The van der Waals surface area contributed by atoms with E-state index in [1.54, 1.807) is 13.8 Å². The van der Waals surface area contributed by atoms with Gasteiger partial charge in [-0.1, -0.05) is 26.8 Å². The number of esters is 1. The second-order valence-corrected chi connectivity index (χ2v) is 8.10. The van der Waals surface area contributed by atoms with Crippen LogP contribution in [0.15, 0.2) is 12.7 Å². The fourth-order valence-corrected chi connectivity index (χ4v) is 5.13. The Bertz CT molecular complexity index is 270. The minimum Gasteiger partial charge on any atom is -0.431 e. The number of ether oxygens (including phenoxy) is 1. The molecule has 106 valence electrons. The summed E-state index contributed by atoms with van der Waals surface area (Å²) in [6.45, 7) is 13.6. The van der Waals surface area contributed by atoms with Crippen molar-refractivity contribution in [3.8, 4) is 0 Å². The van der Waals surface area contributed by atoms with Crippen molar-refractivity contribution in [1.82, 2.24) is 0 Å². The lowest BCUT2D eigenvalue weighted by Crippen LogP contribution is -2.49. The Labute approximate surface area is 112 Å². The molecule has 0 aromatic carbocycles. The zero-order valence-electron chi connectivity index (χ0n) is 12.2. The topological polar surface area (TPSA) is 44.8 Å². The van der Waals surface area contributed by atoms with E-state index in [1.807, 2.05) is 6.92 Å². The fraction of sp³-hybridized carbons (Fsp3) is 0.769. The van der Waals surface area contributed by atoms with E-state index in [0.717, 1.165) is 24.6 Å². The van der Waals surface area contributed by atoms with Gasteiger partial charge in [-0.15, -0.1) is 0 Å². The Morgan fingerprint density at radius 3 is 2.33 bits per heavy atom. The van der Waals surface area contributed by atoms with Crippen LogP contribution in [0.3, 0.4) is 0 Å². The van der Waals surface area contributed by atoms with Crippen LogP contribution in [0.2, 0.25) is 12.1 Å². The van der Waals surface area contributed by atoms with Gasteiger partial charge in [0.05, 0.1) is 0 Å². The maximum absolute atomic E-state index is 11.3. The second-order valence-electron chi connectivity index (χ2n) is 4.57. The highest BCUT2D eigenvalue weighted by atomic mass is 28.4. The van der Waals surface area contributed by atoms with Crippen LogP contribution in [0.25, 0.3) is 0 Å². The first kappa shape index (κ1) is 17.3. The van der Waals surface area contributed by atoms with Crippen LogP contribution in [-0.2, 0) is 18.4 Å². The van der Waals surface area contributed by atoms with E-state index >= 15 is 0 Å². The lowest BCUT2D eigenvalue weighted by molar-refractivity contribution is -0.187. The molecule has 0 radical (unpaired) electrons. The third-order valence-electron chi connectivity index (χ3n) is 2.52. The van der Waals surface area contributed by atoms with Gasteiger partial charge in [0.15, 0.2) is 0 Å². The van der Waals surface area contributed by atoms with Crippen molar-refractivity contribution in [2.45, 2.75) is 58.9 Å². The molecule has 0 saturated heterocycles. The summed E-state index contributed by atoms with van der Waals surface area (Å²) in [5.74, 6) is -1.45. The van der Waals surface area contributed by atoms with E-state index in [1.165, 1.54) is 0 Å². The lowest BCUT2D eigenvalue weighted by atomic mass is 10.4. The van der Waals surface area contributed by atoms with Crippen molar-refractivity contribution in [2.24, 2.45) is 0 Å². The Morgan fingerprint density at radius 2 is 1.94 bits per heavy atom. The molecular weight excluding hydrogens is 248 g/mol. The Balaban J connectivity index is 4.82. The summed E-state index contributed by atoms with van der Waals surface area (Å²) in [5.41, 5.74) is 0. The Morgan fingerprint density at radius 1 is 1.33 bits per heavy atom. The van der Waals surface area contributed by atoms with Gasteiger partial charge in [0.2, 0.25) is 5.79 Å². The quantitative estimate of drug-likeness (QED) is 0.280. The number of hydrogen-bond acceptors (Lipinski definition) is 4. The van der Waals surface area contributed by atoms with Gasteiger partial charge >= 0.3 is 14.5 Å². The molecule has 0 aliphatic rings. The molecule has 18 heavy (non-hydrogen) atoms. The zero-order valence-corrected chi connectivity index (χ0v) is 13.2. The maximum Gasteiger partial charge on any atom is 0.340 e. The monoisotopic (exact) mass is 274 g/mol. The van der Waals surface area contributed by atoms with E-state index in [4.69, 9.17) is 13.6 Å². The number of carbonyl (C=O) groups is 1. The van der Waals surface area contributed by atoms with Gasteiger partial charge in [0, 0.05) is 26.5 Å². The normalized spacial score (nSPS) is 14.9. The molecule has 0 rings (SSSR count). The standard InChI is InChI=1S/C13H26O4Si/c1-7-11-18(10-4,15-9-3)17-13(5,6)16-12(14)8-2/h8H,2,7,9-11H2,1,3-6H3. The molecular formula is C13H26O4Si. The van der Waals surface area contributed by atoms with Gasteiger partial charge in [-0.25, -0.2) is 4.79 Å². The minimum absolute atomic E-state index is 0.480. The summed E-state index contributed by atoms with van der Waals surface area (Å²) in [7, 11) is -2.30. The molecule has 0 aliphatic heterocycles. The Hall–Kier alpha value is -0.653. The summed E-state index contributed by atoms with van der Waals surface area (Å²) < 4.78 is 17.1. The van der Waals surface area contributed by atoms with Crippen LogP contribution in [0, 0.1) is 0 Å². The van der Waals surface area contributed by atoms with Crippen molar-refractivity contribution < 1.29 is 18.4 Å². The predicted molar refractivity (Wildman–Crippen MR) is 74.4 cm³/mol. The number of hydrogen-bond donors (Lipinski definition) is 0. The van der Waals surface area contributed by atoms with Gasteiger partial charge in [0.25, 0.3) is 0 Å². The molecule has 0 amide bonds. The van der Waals surface area contributed by atoms with Crippen LogP contribution in [0.4, 0.5) is 0 Å². The van der Waals surface area contributed by atoms with Crippen molar-refractivity contribution in [2.75, 3.05) is 6.61 Å². The van der Waals surface area contributed by atoms with Crippen LogP contribution in [0.1, 0.15) is 41.0 Å². The SMILES string of the molecule is C=CC(=O)OC(C)(C)O[Si](CC)(CCC)OCC. The van der Waals surface area contributed by atoms with E-state index in [0.29, 0.717) is 6.61 Å². The van der Waals surface area contributed by atoms with Gasteiger partial charge < -0.3 is 13.6 Å². The maximum atomic E-state index is 11.3. The van der Waals surface area contributed by atoms with Crippen molar-refractivity contribution >= 4 is 14.5 Å². The van der Waals surface area contributed by atoms with Crippen molar-refractivity contribution in [3.05, 3.63) is 12.7 Å². The fourth-order valence-electron chi connectivity index (χ4n) is 1.90. The summed E-state index contributed by atoms with van der Waals surface area (Å²) in [6, 6.07) is 1.73. The molecule has 0 saturated carbocycles. The highest BCUT2D eigenvalue weighted by Gasteiger charge is 2.41. The molecule has 0 heterocycles. The molecule has 1 atom stereocenters. The molecule has 0 fully saturated rings. The second kappa shape index (κ2) is 7.71. The molecule has 0 aliphatic carbocycles. The summed E-state index contributed by atoms with van der Waals surface area (Å²) in [5, 5.41) is 0. The first-order valence-corrected chi connectivity index (χ1v) is 8.77. The van der Waals surface area contributed by atoms with Crippen molar-refractivity contribution in [1.29, 1.82) is 0 Å². The van der Waals surface area contributed by atoms with E-state index < -0.39 is 20.3 Å². The van der Waals surface area contributed by atoms with Crippen molar-refractivity contribution in [3.63, 3.8) is 0 Å². The Kier molecular flexibility index (Phi) is 7.43. The van der Waals surface area contributed by atoms with E-state index in [2.05, 4.69) is 20.4 Å². The third kappa shape index (κ3) is 5.80. The first-order chi connectivity index (χ1) is 8.34. The summed E-state index contributed by atoms with van der Waals surface area (Å²) >= 11 is 0. The van der Waals surface area contributed by atoms with Crippen LogP contribution in [0.5, 0.6) is 0 Å². The predicted octanol–water partition coefficient (Wildman–Crippen LogP) is 3.38. The average molecular weight is 274 g/mol. The van der Waals surface area contributed by atoms with Crippen LogP contribution >= 0.6 is 0 Å². The molecule has 0 aromatic rings. The highest BCUT2D eigenvalue weighted by Crippen LogP contribution is 2.27. The molecule has 4 nitrogen and oxygen atoms in total. The molecule has 0 aromatic heterocycles. The van der Waals surface area contributed by atoms with E-state index in [-0.39, 0.29) is 0 Å². The van der Waals surface area contributed by atoms with E-state index in [9.17, 15) is 4.79 Å². The van der Waals surface area contributed by atoms with Gasteiger partial charge in [-0.3, -0.25) is 0 Å². The van der Waals surface area contributed by atoms with Gasteiger partial charge in [-0.2, -0.15) is 0 Å². The number of rotatable bonds is 9. The lowest BCUT2D eigenvalue weighted by Gasteiger charge is -2.37. The molecule has 0 bridgehead atoms. The average Bonchev–Trinajstić information content (AvgIpc) is 2.28. The molecule has 5 heteroatoms. The van der Waals surface area contributed by atoms with Crippen LogP contribution < -0.4 is 0 Å². The smallest absolute Gasteiger partial charge is 0.340 e. The summed E-state index contributed by atoms with van der Waals surface area (Å²) in [6.07, 6.45) is 2.13. The molecule has 1 unspecified atom stereocenters. The first-order valence-electron chi connectivity index (χ1n) is 6.54.